The predicted molar refractivity (Wildman–Crippen MR) is 70.9 cm³/mol. The lowest BCUT2D eigenvalue weighted by atomic mass is 9.98. The Morgan fingerprint density at radius 1 is 1.50 bits per heavy atom. The van der Waals surface area contributed by atoms with E-state index in [0.717, 1.165) is 25.8 Å². The van der Waals surface area contributed by atoms with Crippen molar-refractivity contribution in [3.8, 4) is 0 Å². The number of hydrogen-bond donors (Lipinski definition) is 1. The molecular weight excluding hydrogens is 226 g/mol. The summed E-state index contributed by atoms with van der Waals surface area (Å²) in [5.74, 6) is 0.242. The van der Waals surface area contributed by atoms with Crippen LogP contribution in [0.5, 0.6) is 0 Å². The van der Waals surface area contributed by atoms with Gasteiger partial charge in [0, 0.05) is 37.4 Å². The van der Waals surface area contributed by atoms with Crippen LogP contribution in [0.4, 0.5) is 0 Å². The van der Waals surface area contributed by atoms with E-state index in [1.165, 1.54) is 5.56 Å². The van der Waals surface area contributed by atoms with Crippen molar-refractivity contribution in [2.75, 3.05) is 6.54 Å². The Hall–Kier alpha value is -1.42. The third-order valence-electron chi connectivity index (χ3n) is 3.61. The second-order valence-corrected chi connectivity index (χ2v) is 5.08. The van der Waals surface area contributed by atoms with E-state index in [9.17, 15) is 4.79 Å². The number of carbonyl (C=O) groups excluding carboxylic acids is 1. The lowest BCUT2D eigenvalue weighted by Crippen LogP contribution is -2.48. The lowest BCUT2D eigenvalue weighted by Gasteiger charge is -2.36. The van der Waals surface area contributed by atoms with Gasteiger partial charge in [-0.1, -0.05) is 0 Å². The van der Waals surface area contributed by atoms with Crippen LogP contribution in [0.25, 0.3) is 0 Å². The van der Waals surface area contributed by atoms with Gasteiger partial charge in [-0.15, -0.1) is 0 Å². The zero-order valence-corrected chi connectivity index (χ0v) is 10.9. The van der Waals surface area contributed by atoms with E-state index in [4.69, 9.17) is 5.73 Å². The van der Waals surface area contributed by atoms with Crippen LogP contribution in [0, 0.1) is 0 Å². The standard InChI is InChI=1S/C14H21N3O/c1-11-10-13(15)6-9-17(11)14(18)3-2-12-4-7-16-8-5-12/h4-5,7-8,11,13H,2-3,6,9-10,15H2,1H3. The van der Waals surface area contributed by atoms with Crippen LogP contribution < -0.4 is 5.73 Å². The van der Waals surface area contributed by atoms with Gasteiger partial charge in [-0.25, -0.2) is 0 Å². The van der Waals surface area contributed by atoms with Crippen molar-refractivity contribution in [3.05, 3.63) is 30.1 Å². The van der Waals surface area contributed by atoms with Gasteiger partial charge in [-0.3, -0.25) is 9.78 Å². The van der Waals surface area contributed by atoms with Crippen molar-refractivity contribution in [1.29, 1.82) is 0 Å². The van der Waals surface area contributed by atoms with E-state index in [1.807, 2.05) is 17.0 Å². The second kappa shape index (κ2) is 5.96. The van der Waals surface area contributed by atoms with Crippen molar-refractivity contribution in [1.82, 2.24) is 9.88 Å². The van der Waals surface area contributed by atoms with Gasteiger partial charge < -0.3 is 10.6 Å². The summed E-state index contributed by atoms with van der Waals surface area (Å²) in [6.07, 6.45) is 6.73. The maximum atomic E-state index is 12.2. The summed E-state index contributed by atoms with van der Waals surface area (Å²) in [7, 11) is 0. The highest BCUT2D eigenvalue weighted by molar-refractivity contribution is 5.76. The smallest absolute Gasteiger partial charge is 0.223 e. The molecule has 0 saturated carbocycles. The summed E-state index contributed by atoms with van der Waals surface area (Å²) in [5, 5.41) is 0. The monoisotopic (exact) mass is 247 g/mol. The van der Waals surface area contributed by atoms with Gasteiger partial charge in [0.25, 0.3) is 0 Å². The number of rotatable bonds is 3. The van der Waals surface area contributed by atoms with Crippen LogP contribution >= 0.6 is 0 Å². The fourth-order valence-corrected chi connectivity index (χ4v) is 2.52. The molecule has 0 spiro atoms. The molecule has 1 aliphatic rings. The Balaban J connectivity index is 1.85. The highest BCUT2D eigenvalue weighted by Crippen LogP contribution is 2.17. The number of carbonyl (C=O) groups is 1. The largest absolute Gasteiger partial charge is 0.340 e. The molecule has 2 heterocycles. The van der Waals surface area contributed by atoms with Crippen molar-refractivity contribution in [2.45, 2.75) is 44.7 Å². The van der Waals surface area contributed by atoms with Crippen LogP contribution in [0.15, 0.2) is 24.5 Å². The maximum absolute atomic E-state index is 12.2. The molecule has 4 heteroatoms. The zero-order chi connectivity index (χ0) is 13.0. The molecule has 1 fully saturated rings. The highest BCUT2D eigenvalue weighted by atomic mass is 16.2. The van der Waals surface area contributed by atoms with Crippen LogP contribution in [0.2, 0.25) is 0 Å². The summed E-state index contributed by atoms with van der Waals surface area (Å²) >= 11 is 0. The first kappa shape index (κ1) is 13.0. The maximum Gasteiger partial charge on any atom is 0.223 e. The molecule has 1 aromatic heterocycles. The molecule has 1 aliphatic heterocycles. The van der Waals surface area contributed by atoms with Gasteiger partial charge in [0.15, 0.2) is 0 Å². The quantitative estimate of drug-likeness (QED) is 0.877. The molecule has 2 rings (SSSR count). The van der Waals surface area contributed by atoms with Crippen LogP contribution in [-0.4, -0.2) is 34.4 Å². The predicted octanol–water partition coefficient (Wildman–Crippen LogP) is 1.35. The number of nitrogens with two attached hydrogens (primary N) is 1. The minimum atomic E-state index is 0.242. The van der Waals surface area contributed by atoms with Gasteiger partial charge in [0.1, 0.15) is 0 Å². The van der Waals surface area contributed by atoms with Crippen LogP contribution in [0.1, 0.15) is 31.7 Å². The van der Waals surface area contributed by atoms with Gasteiger partial charge in [0.05, 0.1) is 0 Å². The van der Waals surface area contributed by atoms with Crippen LogP contribution in [0.3, 0.4) is 0 Å². The molecule has 98 valence electrons. The first-order valence-corrected chi connectivity index (χ1v) is 6.61. The Morgan fingerprint density at radius 2 is 2.22 bits per heavy atom. The molecule has 1 amide bonds. The van der Waals surface area contributed by atoms with E-state index in [0.29, 0.717) is 6.42 Å². The average Bonchev–Trinajstić information content (AvgIpc) is 2.37. The van der Waals surface area contributed by atoms with E-state index in [2.05, 4.69) is 11.9 Å². The topological polar surface area (TPSA) is 59.2 Å². The van der Waals surface area contributed by atoms with E-state index in [1.54, 1.807) is 12.4 Å². The van der Waals surface area contributed by atoms with Gasteiger partial charge >= 0.3 is 0 Å². The molecule has 2 N–H and O–H groups in total. The molecule has 18 heavy (non-hydrogen) atoms. The normalized spacial score (nSPS) is 24.0. The fraction of sp³-hybridized carbons (Fsp3) is 0.571. The van der Waals surface area contributed by atoms with Crippen molar-refractivity contribution in [2.24, 2.45) is 5.73 Å². The zero-order valence-electron chi connectivity index (χ0n) is 10.9. The van der Waals surface area contributed by atoms with Gasteiger partial charge in [-0.05, 0) is 43.9 Å². The lowest BCUT2D eigenvalue weighted by molar-refractivity contribution is -0.134. The summed E-state index contributed by atoms with van der Waals surface area (Å²) in [6, 6.07) is 4.45. The molecule has 0 aromatic carbocycles. The first-order chi connectivity index (χ1) is 8.66. The number of amides is 1. The molecule has 2 atom stereocenters. The van der Waals surface area contributed by atoms with Crippen molar-refractivity contribution in [3.63, 3.8) is 0 Å². The number of nitrogens with zero attached hydrogens (tertiary/aromatic N) is 2. The molecule has 0 radical (unpaired) electrons. The number of aryl methyl sites for hydroxylation is 1. The molecular formula is C14H21N3O. The Bertz CT molecular complexity index is 393. The van der Waals surface area contributed by atoms with Gasteiger partial charge in [0.2, 0.25) is 5.91 Å². The minimum absolute atomic E-state index is 0.242. The molecule has 1 aromatic rings. The summed E-state index contributed by atoms with van der Waals surface area (Å²) in [6.45, 7) is 2.89. The Kier molecular flexibility index (Phi) is 4.31. The average molecular weight is 247 g/mol. The number of pyridine rings is 1. The third kappa shape index (κ3) is 3.29. The van der Waals surface area contributed by atoms with E-state index >= 15 is 0 Å². The summed E-state index contributed by atoms with van der Waals surface area (Å²) in [5.41, 5.74) is 7.07. The molecule has 4 nitrogen and oxygen atoms in total. The Morgan fingerprint density at radius 3 is 2.89 bits per heavy atom. The Labute approximate surface area is 108 Å². The third-order valence-corrected chi connectivity index (χ3v) is 3.61. The second-order valence-electron chi connectivity index (χ2n) is 5.08. The number of likely N-dealkylation sites (tertiary alicyclic amines) is 1. The van der Waals surface area contributed by atoms with Crippen molar-refractivity contribution >= 4 is 5.91 Å². The van der Waals surface area contributed by atoms with Crippen LogP contribution in [-0.2, 0) is 11.2 Å². The molecule has 2 unspecified atom stereocenters. The van der Waals surface area contributed by atoms with Gasteiger partial charge in [-0.2, -0.15) is 0 Å². The molecule has 1 saturated heterocycles. The first-order valence-electron chi connectivity index (χ1n) is 6.61. The van der Waals surface area contributed by atoms with E-state index < -0.39 is 0 Å². The summed E-state index contributed by atoms with van der Waals surface area (Å²) < 4.78 is 0. The highest BCUT2D eigenvalue weighted by Gasteiger charge is 2.26. The molecule has 0 bridgehead atoms. The van der Waals surface area contributed by atoms with Crippen molar-refractivity contribution < 1.29 is 4.79 Å². The summed E-state index contributed by atoms with van der Waals surface area (Å²) in [4.78, 5) is 18.1. The fourth-order valence-electron chi connectivity index (χ4n) is 2.52. The number of hydrogen-bond acceptors (Lipinski definition) is 3. The minimum Gasteiger partial charge on any atom is -0.340 e. The van der Waals surface area contributed by atoms with E-state index in [-0.39, 0.29) is 18.0 Å². The number of aromatic nitrogens is 1. The molecule has 0 aliphatic carbocycles. The number of piperidine rings is 1. The SMILES string of the molecule is CC1CC(N)CCN1C(=O)CCc1ccncc1.